The third-order valence-corrected chi connectivity index (χ3v) is 3.18. The highest BCUT2D eigenvalue weighted by Crippen LogP contribution is 2.30. The van der Waals surface area contributed by atoms with E-state index in [9.17, 15) is 4.79 Å². The summed E-state index contributed by atoms with van der Waals surface area (Å²) in [6.45, 7) is 3.56. The van der Waals surface area contributed by atoms with Crippen molar-refractivity contribution in [3.63, 3.8) is 0 Å². The summed E-state index contributed by atoms with van der Waals surface area (Å²) in [5.74, 6) is 1.52. The second-order valence-corrected chi connectivity index (χ2v) is 4.97. The van der Waals surface area contributed by atoms with Gasteiger partial charge in [-0.1, -0.05) is 12.1 Å². The van der Waals surface area contributed by atoms with Gasteiger partial charge in [0, 0.05) is 5.56 Å². The average Bonchev–Trinajstić information content (AvgIpc) is 2.31. The quantitative estimate of drug-likeness (QED) is 0.765. The molecule has 0 N–H and O–H groups in total. The minimum atomic E-state index is 0.0396. The van der Waals surface area contributed by atoms with Gasteiger partial charge in [-0.2, -0.15) is 0 Å². The minimum absolute atomic E-state index is 0.0396. The highest BCUT2D eigenvalue weighted by atomic mass is 79.9. The zero-order valence-corrected chi connectivity index (χ0v) is 11.8. The van der Waals surface area contributed by atoms with Crippen molar-refractivity contribution in [1.82, 2.24) is 0 Å². The Labute approximate surface area is 115 Å². The van der Waals surface area contributed by atoms with E-state index in [1.807, 2.05) is 31.2 Å². The first-order valence-electron chi connectivity index (χ1n) is 5.61. The molecular weight excluding hydrogens is 292 g/mol. The number of ketones is 1. The van der Waals surface area contributed by atoms with Crippen LogP contribution >= 0.6 is 15.9 Å². The van der Waals surface area contributed by atoms with E-state index in [1.165, 1.54) is 0 Å². The Morgan fingerprint density at radius 2 is 1.94 bits per heavy atom. The summed E-state index contributed by atoms with van der Waals surface area (Å²) in [7, 11) is 0. The fourth-order valence-electron chi connectivity index (χ4n) is 1.61. The largest absolute Gasteiger partial charge is 0.456 e. The van der Waals surface area contributed by atoms with Crippen LogP contribution in [0.5, 0.6) is 11.5 Å². The molecule has 0 aliphatic heterocycles. The first-order valence-corrected chi connectivity index (χ1v) is 6.40. The molecule has 0 aromatic heterocycles. The van der Waals surface area contributed by atoms with E-state index in [4.69, 9.17) is 4.74 Å². The topological polar surface area (TPSA) is 26.3 Å². The van der Waals surface area contributed by atoms with Crippen LogP contribution in [0.2, 0.25) is 0 Å². The van der Waals surface area contributed by atoms with E-state index in [2.05, 4.69) is 15.9 Å². The van der Waals surface area contributed by atoms with Gasteiger partial charge in [-0.25, -0.2) is 0 Å². The molecule has 2 rings (SSSR count). The highest BCUT2D eigenvalue weighted by Gasteiger charge is 2.06. The molecule has 0 fully saturated rings. The Bertz CT molecular complexity index is 591. The maximum Gasteiger partial charge on any atom is 0.159 e. The van der Waals surface area contributed by atoms with Crippen LogP contribution in [0.4, 0.5) is 0 Å². The Hall–Kier alpha value is -1.61. The van der Waals surface area contributed by atoms with Crippen LogP contribution < -0.4 is 4.74 Å². The summed E-state index contributed by atoms with van der Waals surface area (Å²) >= 11 is 3.41. The van der Waals surface area contributed by atoms with Crippen LogP contribution in [0.15, 0.2) is 46.9 Å². The lowest BCUT2D eigenvalue weighted by atomic mass is 10.1. The third-order valence-electron chi connectivity index (χ3n) is 2.56. The molecule has 0 heterocycles. The van der Waals surface area contributed by atoms with Gasteiger partial charge < -0.3 is 4.74 Å². The molecule has 0 radical (unpaired) electrons. The number of hydrogen-bond acceptors (Lipinski definition) is 2. The zero-order chi connectivity index (χ0) is 13.1. The Morgan fingerprint density at radius 3 is 2.56 bits per heavy atom. The summed E-state index contributed by atoms with van der Waals surface area (Å²) in [5, 5.41) is 0. The molecule has 0 bridgehead atoms. The summed E-state index contributed by atoms with van der Waals surface area (Å²) in [6.07, 6.45) is 0. The van der Waals surface area contributed by atoms with Gasteiger partial charge in [-0.15, -0.1) is 0 Å². The standard InChI is InChI=1S/C15H13BrO2/c1-10-4-3-5-13(8-10)18-15-7-6-12(11(2)17)9-14(15)16/h3-9H,1-2H3. The molecule has 0 aliphatic carbocycles. The summed E-state index contributed by atoms with van der Waals surface area (Å²) in [6, 6.07) is 13.2. The van der Waals surface area contributed by atoms with Crippen LogP contribution in [0.1, 0.15) is 22.8 Å². The number of hydrogen-bond donors (Lipinski definition) is 0. The SMILES string of the molecule is CC(=O)c1ccc(Oc2cccc(C)c2)c(Br)c1. The summed E-state index contributed by atoms with van der Waals surface area (Å²) in [4.78, 5) is 11.3. The molecule has 0 saturated carbocycles. The van der Waals surface area contributed by atoms with Crippen LogP contribution in [0, 0.1) is 6.92 Å². The second kappa shape index (κ2) is 5.36. The summed E-state index contributed by atoms with van der Waals surface area (Å²) in [5.41, 5.74) is 1.81. The molecule has 0 aliphatic rings. The number of rotatable bonds is 3. The van der Waals surface area contributed by atoms with Crippen LogP contribution in [-0.2, 0) is 0 Å². The normalized spacial score (nSPS) is 10.2. The van der Waals surface area contributed by atoms with Gasteiger partial charge in [0.25, 0.3) is 0 Å². The summed E-state index contributed by atoms with van der Waals surface area (Å²) < 4.78 is 6.54. The van der Waals surface area contributed by atoms with Crippen molar-refractivity contribution in [2.24, 2.45) is 0 Å². The molecule has 0 spiro atoms. The average molecular weight is 305 g/mol. The second-order valence-electron chi connectivity index (χ2n) is 4.12. The number of carbonyl (C=O) groups is 1. The monoisotopic (exact) mass is 304 g/mol. The predicted octanol–water partition coefficient (Wildman–Crippen LogP) is 4.75. The van der Waals surface area contributed by atoms with Crippen molar-refractivity contribution in [3.8, 4) is 11.5 Å². The van der Waals surface area contributed by atoms with Crippen LogP contribution in [0.3, 0.4) is 0 Å². The van der Waals surface area contributed by atoms with Gasteiger partial charge in [0.1, 0.15) is 11.5 Å². The number of ether oxygens (including phenoxy) is 1. The van der Waals surface area contributed by atoms with Crippen molar-refractivity contribution in [2.45, 2.75) is 13.8 Å². The molecule has 3 heteroatoms. The van der Waals surface area contributed by atoms with E-state index >= 15 is 0 Å². The first kappa shape index (κ1) is 12.8. The number of halogens is 1. The molecule has 2 aromatic carbocycles. The van der Waals surface area contributed by atoms with Crippen molar-refractivity contribution < 1.29 is 9.53 Å². The molecule has 0 amide bonds. The van der Waals surface area contributed by atoms with Crippen LogP contribution in [0.25, 0.3) is 0 Å². The van der Waals surface area contributed by atoms with E-state index < -0.39 is 0 Å². The molecule has 0 unspecified atom stereocenters. The van der Waals surface area contributed by atoms with Gasteiger partial charge in [-0.05, 0) is 65.7 Å². The van der Waals surface area contributed by atoms with Gasteiger partial charge >= 0.3 is 0 Å². The molecule has 18 heavy (non-hydrogen) atoms. The number of benzene rings is 2. The minimum Gasteiger partial charge on any atom is -0.456 e. The van der Waals surface area contributed by atoms with Gasteiger partial charge in [0.2, 0.25) is 0 Å². The van der Waals surface area contributed by atoms with Gasteiger partial charge in [0.15, 0.2) is 5.78 Å². The van der Waals surface area contributed by atoms with Crippen LogP contribution in [-0.4, -0.2) is 5.78 Å². The fourth-order valence-corrected chi connectivity index (χ4v) is 2.07. The van der Waals surface area contributed by atoms with Crippen molar-refractivity contribution in [1.29, 1.82) is 0 Å². The number of carbonyl (C=O) groups excluding carboxylic acids is 1. The Balaban J connectivity index is 2.27. The zero-order valence-electron chi connectivity index (χ0n) is 10.2. The molecule has 2 aromatic rings. The van der Waals surface area contributed by atoms with E-state index in [1.54, 1.807) is 25.1 Å². The maximum absolute atomic E-state index is 11.3. The number of aryl methyl sites for hydroxylation is 1. The first-order chi connectivity index (χ1) is 8.56. The number of Topliss-reactive ketones (excluding diaryl/α,β-unsaturated/α-hetero) is 1. The Kier molecular flexibility index (Phi) is 3.82. The molecule has 0 atom stereocenters. The third kappa shape index (κ3) is 2.99. The van der Waals surface area contributed by atoms with E-state index in [0.717, 1.165) is 15.8 Å². The maximum atomic E-state index is 11.3. The fraction of sp³-hybridized carbons (Fsp3) is 0.133. The van der Waals surface area contributed by atoms with Crippen molar-refractivity contribution >= 4 is 21.7 Å². The lowest BCUT2D eigenvalue weighted by molar-refractivity contribution is 0.101. The lowest BCUT2D eigenvalue weighted by Crippen LogP contribution is -1.93. The van der Waals surface area contributed by atoms with Gasteiger partial charge in [0.05, 0.1) is 4.47 Å². The molecule has 92 valence electrons. The van der Waals surface area contributed by atoms with E-state index in [0.29, 0.717) is 11.3 Å². The van der Waals surface area contributed by atoms with E-state index in [-0.39, 0.29) is 5.78 Å². The predicted molar refractivity (Wildman–Crippen MR) is 75.4 cm³/mol. The van der Waals surface area contributed by atoms with Crippen molar-refractivity contribution in [2.75, 3.05) is 0 Å². The molecular formula is C15H13BrO2. The highest BCUT2D eigenvalue weighted by molar-refractivity contribution is 9.10. The Morgan fingerprint density at radius 1 is 1.17 bits per heavy atom. The smallest absolute Gasteiger partial charge is 0.159 e. The lowest BCUT2D eigenvalue weighted by Gasteiger charge is -2.09. The molecule has 2 nitrogen and oxygen atoms in total. The molecule has 0 saturated heterocycles. The van der Waals surface area contributed by atoms with Crippen molar-refractivity contribution in [3.05, 3.63) is 58.1 Å². The van der Waals surface area contributed by atoms with Gasteiger partial charge in [-0.3, -0.25) is 4.79 Å².